The summed E-state index contributed by atoms with van der Waals surface area (Å²) in [5.74, 6) is -1.48. The van der Waals surface area contributed by atoms with Gasteiger partial charge in [0, 0.05) is 23.3 Å². The van der Waals surface area contributed by atoms with Gasteiger partial charge in [-0.05, 0) is 42.5 Å². The van der Waals surface area contributed by atoms with E-state index in [1.54, 1.807) is 24.3 Å². The van der Waals surface area contributed by atoms with E-state index in [1.807, 2.05) is 0 Å². The quantitative estimate of drug-likeness (QED) is 0.780. The zero-order chi connectivity index (χ0) is 18.4. The first kappa shape index (κ1) is 18.8. The molecule has 0 radical (unpaired) electrons. The number of nitrogens with one attached hydrogen (secondary N) is 2. The Morgan fingerprint density at radius 2 is 1.72 bits per heavy atom. The molecule has 25 heavy (non-hydrogen) atoms. The summed E-state index contributed by atoms with van der Waals surface area (Å²) in [7, 11) is 1.53. The van der Waals surface area contributed by atoms with Gasteiger partial charge in [0.1, 0.15) is 0 Å². The number of ether oxygens (including phenoxy) is 1. The first-order chi connectivity index (χ1) is 11.9. The molecule has 0 spiro atoms. The third-order valence-electron chi connectivity index (χ3n) is 3.14. The number of rotatable bonds is 5. The van der Waals surface area contributed by atoms with Gasteiger partial charge < -0.3 is 15.4 Å². The van der Waals surface area contributed by atoms with Gasteiger partial charge in [0.15, 0.2) is 6.61 Å². The second kappa shape index (κ2) is 8.50. The van der Waals surface area contributed by atoms with E-state index in [0.29, 0.717) is 16.3 Å². The molecule has 0 aliphatic carbocycles. The lowest BCUT2D eigenvalue weighted by Gasteiger charge is -2.08. The molecule has 2 rings (SSSR count). The van der Waals surface area contributed by atoms with Gasteiger partial charge in [-0.3, -0.25) is 9.59 Å². The summed E-state index contributed by atoms with van der Waals surface area (Å²) in [5.41, 5.74) is 1.05. The van der Waals surface area contributed by atoms with E-state index in [2.05, 4.69) is 10.6 Å². The number of anilines is 1. The number of carbonyl (C=O) groups is 3. The molecule has 0 fully saturated rings. The Hall–Kier alpha value is -2.57. The molecule has 0 unspecified atom stereocenters. The third kappa shape index (κ3) is 5.20. The fourth-order valence-electron chi connectivity index (χ4n) is 1.91. The highest BCUT2D eigenvalue weighted by Gasteiger charge is 2.14. The van der Waals surface area contributed by atoms with Crippen molar-refractivity contribution in [1.29, 1.82) is 0 Å². The van der Waals surface area contributed by atoms with Gasteiger partial charge in [0.2, 0.25) is 0 Å². The molecular weight excluding hydrogens is 367 g/mol. The fraction of sp³-hybridized carbons (Fsp3) is 0.118. The second-order valence-corrected chi connectivity index (χ2v) is 5.75. The SMILES string of the molecule is CNC(=O)c1ccc(NC(=O)COC(=O)c2ccc(Cl)cc2Cl)cc1. The van der Waals surface area contributed by atoms with Crippen LogP contribution in [0.5, 0.6) is 0 Å². The van der Waals surface area contributed by atoms with E-state index < -0.39 is 18.5 Å². The van der Waals surface area contributed by atoms with Crippen LogP contribution in [0.25, 0.3) is 0 Å². The average molecular weight is 381 g/mol. The maximum absolute atomic E-state index is 11.9. The number of hydrogen-bond donors (Lipinski definition) is 2. The molecule has 2 aromatic rings. The highest BCUT2D eigenvalue weighted by atomic mass is 35.5. The van der Waals surface area contributed by atoms with E-state index in [1.165, 1.54) is 25.2 Å². The van der Waals surface area contributed by atoms with E-state index in [-0.39, 0.29) is 16.5 Å². The van der Waals surface area contributed by atoms with Crippen LogP contribution in [-0.2, 0) is 9.53 Å². The zero-order valence-electron chi connectivity index (χ0n) is 13.1. The molecule has 0 saturated carbocycles. The number of halogens is 2. The number of carbonyl (C=O) groups excluding carboxylic acids is 3. The van der Waals surface area contributed by atoms with Crippen LogP contribution in [0.4, 0.5) is 5.69 Å². The smallest absolute Gasteiger partial charge is 0.340 e. The van der Waals surface area contributed by atoms with Crippen molar-refractivity contribution in [2.45, 2.75) is 0 Å². The molecule has 2 aromatic carbocycles. The first-order valence-electron chi connectivity index (χ1n) is 7.15. The van der Waals surface area contributed by atoms with Crippen LogP contribution in [0.15, 0.2) is 42.5 Å². The molecule has 2 N–H and O–H groups in total. The third-order valence-corrected chi connectivity index (χ3v) is 3.69. The first-order valence-corrected chi connectivity index (χ1v) is 7.90. The Kier molecular flexibility index (Phi) is 6.38. The molecule has 2 amide bonds. The lowest BCUT2D eigenvalue weighted by Crippen LogP contribution is -2.21. The summed E-state index contributed by atoms with van der Waals surface area (Å²) in [6.07, 6.45) is 0. The van der Waals surface area contributed by atoms with Crippen LogP contribution in [0.3, 0.4) is 0 Å². The van der Waals surface area contributed by atoms with Crippen LogP contribution in [-0.4, -0.2) is 31.4 Å². The Bertz CT molecular complexity index is 807. The fourth-order valence-corrected chi connectivity index (χ4v) is 2.40. The van der Waals surface area contributed by atoms with Gasteiger partial charge in [-0.2, -0.15) is 0 Å². The maximum Gasteiger partial charge on any atom is 0.340 e. The Morgan fingerprint density at radius 1 is 1.04 bits per heavy atom. The zero-order valence-corrected chi connectivity index (χ0v) is 14.6. The predicted octanol–water partition coefficient (Wildman–Crippen LogP) is 3.15. The topological polar surface area (TPSA) is 84.5 Å². The summed E-state index contributed by atoms with van der Waals surface area (Å²) < 4.78 is 4.92. The average Bonchev–Trinajstić information content (AvgIpc) is 2.59. The van der Waals surface area contributed by atoms with Crippen molar-refractivity contribution < 1.29 is 19.1 Å². The van der Waals surface area contributed by atoms with Crippen LogP contribution in [0, 0.1) is 0 Å². The number of amides is 2. The summed E-state index contributed by atoms with van der Waals surface area (Å²) in [4.78, 5) is 35.2. The van der Waals surface area contributed by atoms with Gasteiger partial charge in [-0.1, -0.05) is 23.2 Å². The number of hydrogen-bond acceptors (Lipinski definition) is 4. The largest absolute Gasteiger partial charge is 0.452 e. The molecule has 0 aromatic heterocycles. The summed E-state index contributed by atoms with van der Waals surface area (Å²) in [6, 6.07) is 10.6. The number of benzene rings is 2. The second-order valence-electron chi connectivity index (χ2n) is 4.90. The summed E-state index contributed by atoms with van der Waals surface area (Å²) in [6.45, 7) is -0.477. The summed E-state index contributed by atoms with van der Waals surface area (Å²) >= 11 is 11.7. The highest BCUT2D eigenvalue weighted by Crippen LogP contribution is 2.21. The number of esters is 1. The van der Waals surface area contributed by atoms with Crippen molar-refractivity contribution in [3.8, 4) is 0 Å². The van der Waals surface area contributed by atoms with Crippen LogP contribution in [0.1, 0.15) is 20.7 Å². The minimum absolute atomic E-state index is 0.119. The predicted molar refractivity (Wildman–Crippen MR) is 95.2 cm³/mol. The van der Waals surface area contributed by atoms with Crippen LogP contribution >= 0.6 is 23.2 Å². The lowest BCUT2D eigenvalue weighted by molar-refractivity contribution is -0.119. The molecule has 130 valence electrons. The molecule has 0 aliphatic heterocycles. The molecule has 0 atom stereocenters. The summed E-state index contributed by atoms with van der Waals surface area (Å²) in [5, 5.41) is 5.58. The highest BCUT2D eigenvalue weighted by molar-refractivity contribution is 6.36. The standard InChI is InChI=1S/C17H14Cl2N2O4/c1-20-16(23)10-2-5-12(6-3-10)21-15(22)9-25-17(24)13-7-4-11(18)8-14(13)19/h2-8H,9H2,1H3,(H,20,23)(H,21,22). The van der Waals surface area contributed by atoms with Gasteiger partial charge in [-0.25, -0.2) is 4.79 Å². The van der Waals surface area contributed by atoms with E-state index in [9.17, 15) is 14.4 Å². The van der Waals surface area contributed by atoms with E-state index >= 15 is 0 Å². The van der Waals surface area contributed by atoms with Crippen LogP contribution in [0.2, 0.25) is 10.0 Å². The van der Waals surface area contributed by atoms with Gasteiger partial charge in [0.05, 0.1) is 10.6 Å². The molecular formula is C17H14Cl2N2O4. The van der Waals surface area contributed by atoms with Gasteiger partial charge in [0.25, 0.3) is 11.8 Å². The molecule has 0 aliphatic rings. The van der Waals surface area contributed by atoms with Gasteiger partial charge in [-0.15, -0.1) is 0 Å². The van der Waals surface area contributed by atoms with Crippen LogP contribution < -0.4 is 10.6 Å². The van der Waals surface area contributed by atoms with Crippen molar-refractivity contribution >= 4 is 46.7 Å². The Morgan fingerprint density at radius 3 is 2.32 bits per heavy atom. The maximum atomic E-state index is 11.9. The Labute approximate surface area is 154 Å². The minimum Gasteiger partial charge on any atom is -0.452 e. The molecule has 8 heteroatoms. The molecule has 0 saturated heterocycles. The Balaban J connectivity index is 1.90. The van der Waals surface area contributed by atoms with E-state index in [4.69, 9.17) is 27.9 Å². The normalized spacial score (nSPS) is 10.0. The van der Waals surface area contributed by atoms with Crippen molar-refractivity contribution in [2.75, 3.05) is 19.0 Å². The van der Waals surface area contributed by atoms with Gasteiger partial charge >= 0.3 is 5.97 Å². The van der Waals surface area contributed by atoms with Crippen molar-refractivity contribution in [3.05, 3.63) is 63.6 Å². The monoisotopic (exact) mass is 380 g/mol. The van der Waals surface area contributed by atoms with E-state index in [0.717, 1.165) is 0 Å². The lowest BCUT2D eigenvalue weighted by atomic mass is 10.2. The van der Waals surface area contributed by atoms with Crippen molar-refractivity contribution in [3.63, 3.8) is 0 Å². The van der Waals surface area contributed by atoms with Crippen molar-refractivity contribution in [1.82, 2.24) is 5.32 Å². The molecule has 0 heterocycles. The minimum atomic E-state index is -0.730. The molecule has 6 nitrogen and oxygen atoms in total. The van der Waals surface area contributed by atoms with Crippen molar-refractivity contribution in [2.24, 2.45) is 0 Å². The molecule has 0 bridgehead atoms.